The van der Waals surface area contributed by atoms with Crippen molar-refractivity contribution in [3.05, 3.63) is 58.3 Å². The Morgan fingerprint density at radius 1 is 1.13 bits per heavy atom. The van der Waals surface area contributed by atoms with Crippen LogP contribution in [0.3, 0.4) is 0 Å². The van der Waals surface area contributed by atoms with Gasteiger partial charge in [0.1, 0.15) is 16.5 Å². The summed E-state index contributed by atoms with van der Waals surface area (Å²) < 4.78 is 46.2. The molecule has 162 valence electrons. The second-order valence-electron chi connectivity index (χ2n) is 7.34. The summed E-state index contributed by atoms with van der Waals surface area (Å²) in [6.07, 6.45) is 0.795. The Bertz CT molecular complexity index is 1020. The summed E-state index contributed by atoms with van der Waals surface area (Å²) in [5.41, 5.74) is 4.82. The van der Waals surface area contributed by atoms with Gasteiger partial charge in [0.05, 0.1) is 16.7 Å². The third kappa shape index (κ3) is 5.06. The van der Waals surface area contributed by atoms with Gasteiger partial charge in [-0.25, -0.2) is 12.8 Å². The lowest BCUT2D eigenvalue weighted by Crippen LogP contribution is -2.47. The lowest BCUT2D eigenvalue weighted by Gasteiger charge is -2.40. The summed E-state index contributed by atoms with van der Waals surface area (Å²) in [6.45, 7) is 0.504. The molecule has 2 aromatic carbocycles. The van der Waals surface area contributed by atoms with Crippen molar-refractivity contribution in [2.45, 2.75) is 24.2 Å². The zero-order valence-electron chi connectivity index (χ0n) is 16.0. The summed E-state index contributed by atoms with van der Waals surface area (Å²) in [5, 5.41) is 0.137. The van der Waals surface area contributed by atoms with Crippen molar-refractivity contribution in [2.75, 3.05) is 19.7 Å². The second-order valence-corrected chi connectivity index (χ2v) is 10.0. The number of rotatable bonds is 7. The smallest absolute Gasteiger partial charge is 0.244 e. The van der Waals surface area contributed by atoms with Gasteiger partial charge in [0.2, 0.25) is 15.9 Å². The summed E-state index contributed by atoms with van der Waals surface area (Å²) in [4.78, 5) is 11.6. The fourth-order valence-corrected chi connectivity index (χ4v) is 5.71. The van der Waals surface area contributed by atoms with Crippen LogP contribution in [0.2, 0.25) is 10.0 Å². The number of primary amides is 1. The first-order chi connectivity index (χ1) is 14.1. The predicted molar refractivity (Wildman–Crippen MR) is 113 cm³/mol. The first kappa shape index (κ1) is 22.8. The van der Waals surface area contributed by atoms with Crippen molar-refractivity contribution < 1.29 is 22.3 Å². The van der Waals surface area contributed by atoms with Crippen LogP contribution in [0.25, 0.3) is 0 Å². The molecule has 1 amide bonds. The molecule has 0 radical (unpaired) electrons. The number of benzene rings is 2. The van der Waals surface area contributed by atoms with E-state index in [1.807, 2.05) is 0 Å². The van der Waals surface area contributed by atoms with Crippen LogP contribution in [0.1, 0.15) is 19.3 Å². The number of halogens is 3. The van der Waals surface area contributed by atoms with Gasteiger partial charge in [-0.1, -0.05) is 29.3 Å². The van der Waals surface area contributed by atoms with Gasteiger partial charge in [0.15, 0.2) is 0 Å². The van der Waals surface area contributed by atoms with Gasteiger partial charge in [-0.2, -0.15) is 4.31 Å². The van der Waals surface area contributed by atoms with Crippen molar-refractivity contribution in [3.8, 4) is 5.75 Å². The molecule has 1 aliphatic heterocycles. The van der Waals surface area contributed by atoms with Crippen LogP contribution in [0.5, 0.6) is 5.75 Å². The van der Waals surface area contributed by atoms with Crippen LogP contribution in [-0.4, -0.2) is 38.3 Å². The maximum atomic E-state index is 13.1. The minimum Gasteiger partial charge on any atom is -0.493 e. The fourth-order valence-electron chi connectivity index (χ4n) is 3.53. The molecular formula is C20H21Cl2FN2O4S. The molecule has 0 aliphatic carbocycles. The van der Waals surface area contributed by atoms with Gasteiger partial charge in [-0.15, -0.1) is 0 Å². The molecule has 2 aromatic rings. The molecular weight excluding hydrogens is 454 g/mol. The van der Waals surface area contributed by atoms with Gasteiger partial charge in [0, 0.05) is 24.9 Å². The van der Waals surface area contributed by atoms with E-state index in [0.717, 1.165) is 0 Å². The van der Waals surface area contributed by atoms with Crippen LogP contribution >= 0.6 is 23.2 Å². The summed E-state index contributed by atoms with van der Waals surface area (Å²) in [6, 6.07) is 10.00. The number of nitrogens with zero attached hydrogens (tertiary/aromatic N) is 1. The molecule has 0 spiro atoms. The molecule has 30 heavy (non-hydrogen) atoms. The van der Waals surface area contributed by atoms with Crippen LogP contribution in [-0.2, 0) is 14.8 Å². The number of carbonyl (C=O) groups is 1. The highest BCUT2D eigenvalue weighted by Crippen LogP contribution is 2.39. The Morgan fingerprint density at radius 3 is 2.37 bits per heavy atom. The third-order valence-corrected chi connectivity index (χ3v) is 8.10. The minimum atomic E-state index is -3.85. The van der Waals surface area contributed by atoms with E-state index in [0.29, 0.717) is 18.6 Å². The maximum Gasteiger partial charge on any atom is 0.244 e. The molecule has 1 aliphatic rings. The zero-order chi connectivity index (χ0) is 21.9. The topological polar surface area (TPSA) is 89.7 Å². The largest absolute Gasteiger partial charge is 0.493 e. The SMILES string of the molecule is NC(=O)CC1(COc2ccc(F)cc2)CCN(S(=O)(=O)c2cccc(Cl)c2Cl)CC1. The Balaban J connectivity index is 1.75. The van der Waals surface area contributed by atoms with Gasteiger partial charge in [0.25, 0.3) is 0 Å². The van der Waals surface area contributed by atoms with Crippen LogP contribution in [0, 0.1) is 11.2 Å². The average Bonchev–Trinajstić information content (AvgIpc) is 2.69. The highest BCUT2D eigenvalue weighted by molar-refractivity contribution is 7.89. The molecule has 2 N–H and O–H groups in total. The Kier molecular flexibility index (Phi) is 6.91. The Labute approximate surface area is 184 Å². The Morgan fingerprint density at radius 2 is 1.77 bits per heavy atom. The monoisotopic (exact) mass is 474 g/mol. The van der Waals surface area contributed by atoms with Gasteiger partial charge >= 0.3 is 0 Å². The van der Waals surface area contributed by atoms with E-state index in [1.165, 1.54) is 46.8 Å². The van der Waals surface area contributed by atoms with Crippen molar-refractivity contribution >= 4 is 39.1 Å². The van der Waals surface area contributed by atoms with Gasteiger partial charge < -0.3 is 10.5 Å². The highest BCUT2D eigenvalue weighted by Gasteiger charge is 2.41. The van der Waals surface area contributed by atoms with E-state index in [-0.39, 0.29) is 46.9 Å². The second kappa shape index (κ2) is 9.09. The number of hydrogen-bond acceptors (Lipinski definition) is 4. The van der Waals surface area contributed by atoms with Gasteiger partial charge in [-0.3, -0.25) is 4.79 Å². The van der Waals surface area contributed by atoms with Crippen molar-refractivity contribution in [1.29, 1.82) is 0 Å². The summed E-state index contributed by atoms with van der Waals surface area (Å²) in [7, 11) is -3.85. The zero-order valence-corrected chi connectivity index (χ0v) is 18.3. The first-order valence-electron chi connectivity index (χ1n) is 9.24. The van der Waals surface area contributed by atoms with Crippen molar-refractivity contribution in [1.82, 2.24) is 4.31 Å². The lowest BCUT2D eigenvalue weighted by atomic mass is 9.76. The first-order valence-corrected chi connectivity index (χ1v) is 11.4. The maximum absolute atomic E-state index is 13.1. The van der Waals surface area contributed by atoms with Crippen LogP contribution < -0.4 is 10.5 Å². The average molecular weight is 475 g/mol. The van der Waals surface area contributed by atoms with Crippen LogP contribution in [0.15, 0.2) is 47.4 Å². The van der Waals surface area contributed by atoms with E-state index in [9.17, 15) is 17.6 Å². The molecule has 1 fully saturated rings. The van der Waals surface area contributed by atoms with E-state index < -0.39 is 21.3 Å². The number of amides is 1. The van der Waals surface area contributed by atoms with Crippen molar-refractivity contribution in [3.63, 3.8) is 0 Å². The molecule has 0 bridgehead atoms. The van der Waals surface area contributed by atoms with E-state index in [4.69, 9.17) is 33.7 Å². The molecule has 1 heterocycles. The van der Waals surface area contributed by atoms with Gasteiger partial charge in [-0.05, 0) is 49.2 Å². The third-order valence-electron chi connectivity index (χ3n) is 5.22. The molecule has 0 saturated carbocycles. The number of nitrogens with two attached hydrogens (primary N) is 1. The number of piperidine rings is 1. The minimum absolute atomic E-state index is 0.0206. The van der Waals surface area contributed by atoms with Crippen LogP contribution in [0.4, 0.5) is 4.39 Å². The number of hydrogen-bond donors (Lipinski definition) is 1. The normalized spacial score (nSPS) is 16.9. The highest BCUT2D eigenvalue weighted by atomic mass is 35.5. The summed E-state index contributed by atoms with van der Waals surface area (Å²) in [5.74, 6) is -0.416. The molecule has 0 unspecified atom stereocenters. The quantitative estimate of drug-likeness (QED) is 0.659. The molecule has 0 atom stereocenters. The van der Waals surface area contributed by atoms with E-state index in [1.54, 1.807) is 0 Å². The lowest BCUT2D eigenvalue weighted by molar-refractivity contribution is -0.121. The number of carbonyl (C=O) groups excluding carboxylic acids is 1. The molecule has 0 aromatic heterocycles. The number of ether oxygens (including phenoxy) is 1. The molecule has 3 rings (SSSR count). The molecule has 6 nitrogen and oxygen atoms in total. The Hall–Kier alpha value is -1.87. The fraction of sp³-hybridized carbons (Fsp3) is 0.350. The van der Waals surface area contributed by atoms with Crippen molar-refractivity contribution in [2.24, 2.45) is 11.1 Å². The van der Waals surface area contributed by atoms with E-state index in [2.05, 4.69) is 0 Å². The standard InChI is InChI=1S/C20H21Cl2FN2O4S/c21-16-2-1-3-17(19(16)22)30(27,28)25-10-8-20(9-11-25,12-18(24)26)13-29-15-6-4-14(23)5-7-15/h1-7H,8-13H2,(H2,24,26). The molecule has 10 heteroatoms. The summed E-state index contributed by atoms with van der Waals surface area (Å²) >= 11 is 12.1. The predicted octanol–water partition coefficient (Wildman–Crippen LogP) is 3.86. The molecule has 1 saturated heterocycles. The number of sulfonamides is 1. The van der Waals surface area contributed by atoms with E-state index >= 15 is 0 Å².